The first-order valence-corrected chi connectivity index (χ1v) is 11.4. The number of para-hydroxylation sites is 1. The maximum atomic E-state index is 12.0. The highest BCUT2D eigenvalue weighted by atomic mass is 35.5. The highest BCUT2D eigenvalue weighted by Crippen LogP contribution is 2.32. The number of fused-ring (bicyclic) bond motifs is 1. The molecule has 5 nitrogen and oxygen atoms in total. The van der Waals surface area contributed by atoms with Gasteiger partial charge in [-0.3, -0.25) is 4.79 Å². The second-order valence-corrected chi connectivity index (χ2v) is 8.53. The van der Waals surface area contributed by atoms with Crippen LogP contribution in [0.4, 0.5) is 0 Å². The van der Waals surface area contributed by atoms with Gasteiger partial charge in [-0.05, 0) is 61.2 Å². The number of nitrogens with zero attached hydrogens (tertiary/aromatic N) is 1. The van der Waals surface area contributed by atoms with E-state index in [0.717, 1.165) is 38.0 Å². The van der Waals surface area contributed by atoms with Crippen molar-refractivity contribution in [2.75, 3.05) is 26.2 Å². The number of aromatic nitrogens is 1. The molecule has 0 unspecified atom stereocenters. The number of phenols is 1. The van der Waals surface area contributed by atoms with E-state index >= 15 is 0 Å². The van der Waals surface area contributed by atoms with Crippen LogP contribution in [0.1, 0.15) is 29.9 Å². The molecule has 1 amide bonds. The molecule has 0 bridgehead atoms. The predicted octanol–water partition coefficient (Wildman–Crippen LogP) is 5.09. The highest BCUT2D eigenvalue weighted by molar-refractivity contribution is 6.32. The van der Waals surface area contributed by atoms with Gasteiger partial charge in [-0.2, -0.15) is 0 Å². The van der Waals surface area contributed by atoms with E-state index in [-0.39, 0.29) is 11.7 Å². The summed E-state index contributed by atoms with van der Waals surface area (Å²) in [5, 5.41) is 14.0. The van der Waals surface area contributed by atoms with Crippen LogP contribution < -0.4 is 5.32 Å². The molecule has 1 fully saturated rings. The van der Waals surface area contributed by atoms with E-state index in [4.69, 9.17) is 11.6 Å². The number of aromatic hydroxyl groups is 1. The number of benzene rings is 2. The molecule has 3 aromatic rings. The summed E-state index contributed by atoms with van der Waals surface area (Å²) in [5.41, 5.74) is 3.50. The van der Waals surface area contributed by atoms with Gasteiger partial charge in [0, 0.05) is 36.3 Å². The minimum atomic E-state index is -0.105. The van der Waals surface area contributed by atoms with Gasteiger partial charge < -0.3 is 20.3 Å². The van der Waals surface area contributed by atoms with E-state index in [1.807, 2.05) is 6.08 Å². The number of allylic oxidation sites excluding steroid dienone is 2. The quantitative estimate of drug-likeness (QED) is 0.347. The number of hydrogen-bond donors (Lipinski definition) is 3. The number of phenolic OH excluding ortho intramolecular Hbond substituents is 1. The van der Waals surface area contributed by atoms with Crippen LogP contribution >= 0.6 is 11.6 Å². The van der Waals surface area contributed by atoms with Crippen LogP contribution in [0.15, 0.2) is 66.9 Å². The number of amides is 1. The molecule has 166 valence electrons. The third-order valence-corrected chi connectivity index (χ3v) is 6.30. The zero-order valence-electron chi connectivity index (χ0n) is 17.9. The summed E-state index contributed by atoms with van der Waals surface area (Å²) < 4.78 is 0. The van der Waals surface area contributed by atoms with Crippen molar-refractivity contribution in [1.29, 1.82) is 0 Å². The third-order valence-electron chi connectivity index (χ3n) is 6.00. The Morgan fingerprint density at radius 3 is 2.81 bits per heavy atom. The number of aromatic amines is 1. The van der Waals surface area contributed by atoms with Gasteiger partial charge in [-0.25, -0.2) is 0 Å². The van der Waals surface area contributed by atoms with Crippen LogP contribution in [0, 0.1) is 0 Å². The van der Waals surface area contributed by atoms with Crippen LogP contribution in [0.3, 0.4) is 0 Å². The molecular weight excluding hydrogens is 422 g/mol. The number of hydrogen-bond acceptors (Lipinski definition) is 3. The van der Waals surface area contributed by atoms with Gasteiger partial charge in [0.25, 0.3) is 0 Å². The molecule has 0 radical (unpaired) electrons. The molecule has 0 atom stereocenters. The molecule has 1 aromatic heterocycles. The SMILES string of the molecule is O=C(C=CC=Cc1ccc(O)c(Cl)c1)NCCN1CCC(c2c[nH]c3ccccc23)CC1. The third kappa shape index (κ3) is 5.61. The molecular formula is C26H28ClN3O2. The summed E-state index contributed by atoms with van der Waals surface area (Å²) >= 11 is 5.88. The van der Waals surface area contributed by atoms with Gasteiger partial charge in [0.15, 0.2) is 0 Å². The Hall–Kier alpha value is -3.02. The Morgan fingerprint density at radius 1 is 1.19 bits per heavy atom. The number of H-pyrrole nitrogens is 1. The van der Waals surface area contributed by atoms with Crippen molar-refractivity contribution in [3.05, 3.63) is 83.0 Å². The van der Waals surface area contributed by atoms with Crippen molar-refractivity contribution < 1.29 is 9.90 Å². The Labute approximate surface area is 193 Å². The van der Waals surface area contributed by atoms with Crippen molar-refractivity contribution in [2.24, 2.45) is 0 Å². The maximum Gasteiger partial charge on any atom is 0.244 e. The van der Waals surface area contributed by atoms with Gasteiger partial charge in [0.2, 0.25) is 5.91 Å². The van der Waals surface area contributed by atoms with Crippen LogP contribution in [0.5, 0.6) is 5.75 Å². The van der Waals surface area contributed by atoms with Gasteiger partial charge in [0.1, 0.15) is 5.75 Å². The Kier molecular flexibility index (Phi) is 7.30. The first-order valence-electron chi connectivity index (χ1n) is 11.0. The second kappa shape index (κ2) is 10.5. The molecule has 1 saturated heterocycles. The Balaban J connectivity index is 1.17. The lowest BCUT2D eigenvalue weighted by Crippen LogP contribution is -2.38. The molecule has 32 heavy (non-hydrogen) atoms. The highest BCUT2D eigenvalue weighted by Gasteiger charge is 2.22. The topological polar surface area (TPSA) is 68.4 Å². The molecule has 6 heteroatoms. The molecule has 2 heterocycles. The monoisotopic (exact) mass is 449 g/mol. The number of carbonyl (C=O) groups is 1. The van der Waals surface area contributed by atoms with Gasteiger partial charge in [-0.15, -0.1) is 0 Å². The zero-order valence-corrected chi connectivity index (χ0v) is 18.7. The van der Waals surface area contributed by atoms with E-state index in [0.29, 0.717) is 17.5 Å². The van der Waals surface area contributed by atoms with Crippen molar-refractivity contribution in [2.45, 2.75) is 18.8 Å². The largest absolute Gasteiger partial charge is 0.506 e. The van der Waals surface area contributed by atoms with Crippen LogP contribution in [0.25, 0.3) is 17.0 Å². The summed E-state index contributed by atoms with van der Waals surface area (Å²) in [6.07, 6.45) is 11.3. The fourth-order valence-electron chi connectivity index (χ4n) is 4.23. The fourth-order valence-corrected chi connectivity index (χ4v) is 4.42. The summed E-state index contributed by atoms with van der Waals surface area (Å²) in [5.74, 6) is 0.545. The van der Waals surface area contributed by atoms with Crippen molar-refractivity contribution >= 4 is 34.5 Å². The lowest BCUT2D eigenvalue weighted by atomic mass is 9.89. The number of nitrogens with one attached hydrogen (secondary N) is 2. The zero-order chi connectivity index (χ0) is 22.3. The first kappa shape index (κ1) is 22.2. The van der Waals surface area contributed by atoms with Crippen molar-refractivity contribution in [1.82, 2.24) is 15.2 Å². The van der Waals surface area contributed by atoms with E-state index in [1.54, 1.807) is 30.4 Å². The first-order chi connectivity index (χ1) is 15.6. The average Bonchev–Trinajstić information content (AvgIpc) is 3.24. The molecule has 3 N–H and O–H groups in total. The van der Waals surface area contributed by atoms with E-state index in [9.17, 15) is 9.90 Å². The Morgan fingerprint density at radius 2 is 2.00 bits per heavy atom. The Bertz CT molecular complexity index is 1130. The molecule has 0 saturated carbocycles. The summed E-state index contributed by atoms with van der Waals surface area (Å²) in [6.45, 7) is 3.60. The minimum Gasteiger partial charge on any atom is -0.506 e. The predicted molar refractivity (Wildman–Crippen MR) is 131 cm³/mol. The van der Waals surface area contributed by atoms with E-state index in [1.165, 1.54) is 22.5 Å². The fraction of sp³-hybridized carbons (Fsp3) is 0.269. The van der Waals surface area contributed by atoms with Crippen LogP contribution in [0.2, 0.25) is 5.02 Å². The summed E-state index contributed by atoms with van der Waals surface area (Å²) in [4.78, 5) is 17.8. The smallest absolute Gasteiger partial charge is 0.244 e. The molecule has 1 aliphatic heterocycles. The number of likely N-dealkylation sites (tertiary alicyclic amines) is 1. The number of piperidine rings is 1. The van der Waals surface area contributed by atoms with E-state index in [2.05, 4.69) is 45.7 Å². The number of carbonyl (C=O) groups excluding carboxylic acids is 1. The molecule has 4 rings (SSSR count). The molecule has 2 aromatic carbocycles. The lowest BCUT2D eigenvalue weighted by Gasteiger charge is -2.31. The average molecular weight is 450 g/mol. The molecule has 0 aliphatic carbocycles. The summed E-state index contributed by atoms with van der Waals surface area (Å²) in [6, 6.07) is 13.5. The standard InChI is InChI=1S/C26H28ClN3O2/c27-23-17-19(9-10-25(23)31)5-1-4-8-26(32)28-13-16-30-14-11-20(12-15-30)22-18-29-24-7-3-2-6-21(22)24/h1-10,17-18,20,29,31H,11-16H2,(H,28,32). The van der Waals surface area contributed by atoms with Crippen molar-refractivity contribution in [3.8, 4) is 5.75 Å². The van der Waals surface area contributed by atoms with Gasteiger partial charge in [-0.1, -0.05) is 54.1 Å². The molecule has 0 spiro atoms. The minimum absolute atomic E-state index is 0.0564. The molecule has 1 aliphatic rings. The second-order valence-electron chi connectivity index (χ2n) is 8.13. The normalized spacial score (nSPS) is 15.8. The number of halogens is 1. The maximum absolute atomic E-state index is 12.0. The summed E-state index contributed by atoms with van der Waals surface area (Å²) in [7, 11) is 0. The number of rotatable bonds is 7. The van der Waals surface area contributed by atoms with Crippen LogP contribution in [-0.4, -0.2) is 47.1 Å². The van der Waals surface area contributed by atoms with Gasteiger partial charge >= 0.3 is 0 Å². The van der Waals surface area contributed by atoms with Crippen molar-refractivity contribution in [3.63, 3.8) is 0 Å². The van der Waals surface area contributed by atoms with Crippen LogP contribution in [-0.2, 0) is 4.79 Å². The van der Waals surface area contributed by atoms with Gasteiger partial charge in [0.05, 0.1) is 5.02 Å². The lowest BCUT2D eigenvalue weighted by molar-refractivity contribution is -0.116. The van der Waals surface area contributed by atoms with E-state index < -0.39 is 0 Å².